The predicted octanol–water partition coefficient (Wildman–Crippen LogP) is 3.26. The van der Waals surface area contributed by atoms with Crippen molar-refractivity contribution in [1.82, 2.24) is 15.2 Å². The van der Waals surface area contributed by atoms with E-state index in [2.05, 4.69) is 35.1 Å². The van der Waals surface area contributed by atoms with E-state index in [0.717, 1.165) is 56.2 Å². The molecule has 0 bridgehead atoms. The van der Waals surface area contributed by atoms with Crippen LogP contribution in [-0.4, -0.2) is 55.4 Å². The third-order valence-corrected chi connectivity index (χ3v) is 5.02. The van der Waals surface area contributed by atoms with Crippen molar-refractivity contribution in [2.45, 2.75) is 45.6 Å². The lowest BCUT2D eigenvalue weighted by Gasteiger charge is -2.35. The molecule has 0 saturated carbocycles. The Hall–Kier alpha value is -2.15. The number of pyridine rings is 1. The summed E-state index contributed by atoms with van der Waals surface area (Å²) in [4.78, 5) is 6.52. The van der Waals surface area contributed by atoms with E-state index in [9.17, 15) is 0 Å². The summed E-state index contributed by atoms with van der Waals surface area (Å²) in [5, 5.41) is 3.53. The van der Waals surface area contributed by atoms with Crippen LogP contribution in [-0.2, 0) is 17.9 Å². The molecule has 1 aromatic heterocycles. The standard InChI is InChI=1S/C23H33N3O3/c1-18-15-26(16-19(2)29-18)12-4-9-25-14-21-5-6-22(23(13-21)27-3)28-17-20-7-10-24-11-8-20/h5-8,10-11,13,18-19,25H,4,9,12,14-17H2,1-3H3. The third kappa shape index (κ3) is 6.99. The first kappa shape index (κ1) is 21.6. The van der Waals surface area contributed by atoms with Crippen LogP contribution in [0.15, 0.2) is 42.7 Å². The van der Waals surface area contributed by atoms with Crippen LogP contribution < -0.4 is 14.8 Å². The van der Waals surface area contributed by atoms with Crippen LogP contribution in [0.3, 0.4) is 0 Å². The van der Waals surface area contributed by atoms with Crippen molar-refractivity contribution in [3.8, 4) is 11.5 Å². The molecule has 0 spiro atoms. The molecule has 0 radical (unpaired) electrons. The zero-order valence-corrected chi connectivity index (χ0v) is 17.8. The number of nitrogens with one attached hydrogen (secondary N) is 1. The van der Waals surface area contributed by atoms with Gasteiger partial charge in [-0.3, -0.25) is 9.88 Å². The normalized spacial score (nSPS) is 19.8. The first-order valence-electron chi connectivity index (χ1n) is 10.4. The highest BCUT2D eigenvalue weighted by molar-refractivity contribution is 5.43. The van der Waals surface area contributed by atoms with Crippen molar-refractivity contribution in [1.29, 1.82) is 0 Å². The van der Waals surface area contributed by atoms with E-state index in [0.29, 0.717) is 18.8 Å². The van der Waals surface area contributed by atoms with E-state index in [1.54, 1.807) is 19.5 Å². The van der Waals surface area contributed by atoms with Crippen molar-refractivity contribution >= 4 is 0 Å². The second-order valence-corrected chi connectivity index (χ2v) is 7.68. The summed E-state index contributed by atoms with van der Waals surface area (Å²) >= 11 is 0. The van der Waals surface area contributed by atoms with Gasteiger partial charge in [-0.15, -0.1) is 0 Å². The van der Waals surface area contributed by atoms with Crippen molar-refractivity contribution in [3.63, 3.8) is 0 Å². The molecule has 1 saturated heterocycles. The highest BCUT2D eigenvalue weighted by Crippen LogP contribution is 2.28. The molecule has 2 unspecified atom stereocenters. The monoisotopic (exact) mass is 399 g/mol. The summed E-state index contributed by atoms with van der Waals surface area (Å²) in [5.74, 6) is 1.51. The molecule has 2 aromatic rings. The Morgan fingerprint density at radius 1 is 1.07 bits per heavy atom. The van der Waals surface area contributed by atoms with Crippen LogP contribution in [0, 0.1) is 0 Å². The summed E-state index contributed by atoms with van der Waals surface area (Å²) in [6.45, 7) is 9.77. The number of hydrogen-bond donors (Lipinski definition) is 1. The zero-order chi connectivity index (χ0) is 20.5. The van der Waals surface area contributed by atoms with E-state index >= 15 is 0 Å². The molecule has 3 rings (SSSR count). The summed E-state index contributed by atoms with van der Waals surface area (Å²) in [7, 11) is 1.68. The fourth-order valence-electron chi connectivity index (χ4n) is 3.71. The summed E-state index contributed by atoms with van der Waals surface area (Å²) in [5.41, 5.74) is 2.27. The van der Waals surface area contributed by atoms with E-state index in [1.165, 1.54) is 5.56 Å². The fraction of sp³-hybridized carbons (Fsp3) is 0.522. The fourth-order valence-corrected chi connectivity index (χ4v) is 3.71. The molecular weight excluding hydrogens is 366 g/mol. The first-order chi connectivity index (χ1) is 14.1. The van der Waals surface area contributed by atoms with Gasteiger partial charge in [-0.2, -0.15) is 0 Å². The molecule has 29 heavy (non-hydrogen) atoms. The maximum absolute atomic E-state index is 5.91. The zero-order valence-electron chi connectivity index (χ0n) is 17.8. The van der Waals surface area contributed by atoms with Crippen molar-refractivity contribution in [2.24, 2.45) is 0 Å². The summed E-state index contributed by atoms with van der Waals surface area (Å²) < 4.78 is 17.2. The SMILES string of the molecule is COc1cc(CNCCCN2CC(C)OC(C)C2)ccc1OCc1ccncc1. The molecule has 1 aliphatic heterocycles. The highest BCUT2D eigenvalue weighted by Gasteiger charge is 2.21. The molecule has 6 heteroatoms. The Balaban J connectivity index is 1.40. The Bertz CT molecular complexity index is 731. The largest absolute Gasteiger partial charge is 0.493 e. The molecule has 158 valence electrons. The first-order valence-corrected chi connectivity index (χ1v) is 10.4. The number of nitrogens with zero attached hydrogens (tertiary/aromatic N) is 2. The highest BCUT2D eigenvalue weighted by atomic mass is 16.5. The summed E-state index contributed by atoms with van der Waals surface area (Å²) in [6.07, 6.45) is 5.33. The van der Waals surface area contributed by atoms with Gasteiger partial charge in [-0.25, -0.2) is 0 Å². The lowest BCUT2D eigenvalue weighted by Crippen LogP contribution is -2.46. The van der Waals surface area contributed by atoms with Crippen LogP contribution in [0.5, 0.6) is 11.5 Å². The minimum absolute atomic E-state index is 0.332. The third-order valence-electron chi connectivity index (χ3n) is 5.02. The van der Waals surface area contributed by atoms with Gasteiger partial charge in [0, 0.05) is 32.0 Å². The number of hydrogen-bond acceptors (Lipinski definition) is 6. The van der Waals surface area contributed by atoms with Gasteiger partial charge in [0.15, 0.2) is 11.5 Å². The van der Waals surface area contributed by atoms with E-state index in [-0.39, 0.29) is 0 Å². The van der Waals surface area contributed by atoms with Gasteiger partial charge in [-0.1, -0.05) is 6.07 Å². The molecule has 2 atom stereocenters. The predicted molar refractivity (Wildman–Crippen MR) is 114 cm³/mol. The topological polar surface area (TPSA) is 55.9 Å². The van der Waals surface area contributed by atoms with Crippen molar-refractivity contribution in [3.05, 3.63) is 53.9 Å². The van der Waals surface area contributed by atoms with Crippen LogP contribution >= 0.6 is 0 Å². The molecule has 6 nitrogen and oxygen atoms in total. The van der Waals surface area contributed by atoms with Gasteiger partial charge >= 0.3 is 0 Å². The lowest BCUT2D eigenvalue weighted by atomic mass is 10.2. The number of morpholine rings is 1. The van der Waals surface area contributed by atoms with Gasteiger partial charge in [-0.05, 0) is 68.8 Å². The molecule has 0 aliphatic carbocycles. The maximum atomic E-state index is 5.91. The molecule has 1 aromatic carbocycles. The Morgan fingerprint density at radius 3 is 2.55 bits per heavy atom. The number of rotatable bonds is 10. The average molecular weight is 400 g/mol. The lowest BCUT2D eigenvalue weighted by molar-refractivity contribution is -0.0680. The van der Waals surface area contributed by atoms with Crippen LogP contribution in [0.4, 0.5) is 0 Å². The molecule has 1 fully saturated rings. The van der Waals surface area contributed by atoms with Crippen LogP contribution in [0.1, 0.15) is 31.4 Å². The van der Waals surface area contributed by atoms with E-state index in [1.807, 2.05) is 24.3 Å². The van der Waals surface area contributed by atoms with Gasteiger partial charge in [0.25, 0.3) is 0 Å². The number of aromatic nitrogens is 1. The summed E-state index contributed by atoms with van der Waals surface area (Å²) in [6, 6.07) is 10.0. The minimum Gasteiger partial charge on any atom is -0.493 e. The molecule has 0 amide bonds. The van der Waals surface area contributed by atoms with E-state index < -0.39 is 0 Å². The molecule has 1 aliphatic rings. The Morgan fingerprint density at radius 2 is 1.83 bits per heavy atom. The van der Waals surface area contributed by atoms with Crippen molar-refractivity contribution < 1.29 is 14.2 Å². The van der Waals surface area contributed by atoms with Gasteiger partial charge < -0.3 is 19.5 Å². The molecular formula is C23H33N3O3. The maximum Gasteiger partial charge on any atom is 0.161 e. The minimum atomic E-state index is 0.332. The second kappa shape index (κ2) is 11.1. The van der Waals surface area contributed by atoms with E-state index in [4.69, 9.17) is 14.2 Å². The Labute approximate surface area is 174 Å². The number of benzene rings is 1. The quantitative estimate of drug-likeness (QED) is 0.619. The van der Waals surface area contributed by atoms with Gasteiger partial charge in [0.1, 0.15) is 6.61 Å². The smallest absolute Gasteiger partial charge is 0.161 e. The van der Waals surface area contributed by atoms with Crippen molar-refractivity contribution in [2.75, 3.05) is 33.3 Å². The number of methoxy groups -OCH3 is 1. The number of ether oxygens (including phenoxy) is 3. The van der Waals surface area contributed by atoms with Crippen LogP contribution in [0.25, 0.3) is 0 Å². The van der Waals surface area contributed by atoms with Gasteiger partial charge in [0.05, 0.1) is 19.3 Å². The van der Waals surface area contributed by atoms with Crippen LogP contribution in [0.2, 0.25) is 0 Å². The Kier molecular flexibility index (Phi) is 8.28. The molecule has 2 heterocycles. The van der Waals surface area contributed by atoms with Gasteiger partial charge in [0.2, 0.25) is 0 Å². The second-order valence-electron chi connectivity index (χ2n) is 7.68. The average Bonchev–Trinajstić information content (AvgIpc) is 2.72. The molecule has 1 N–H and O–H groups in total.